The van der Waals surface area contributed by atoms with Crippen LogP contribution in [0.4, 0.5) is 0 Å². The summed E-state index contributed by atoms with van der Waals surface area (Å²) in [6.07, 6.45) is 9.15. The molecule has 0 aliphatic heterocycles. The maximum Gasteiger partial charge on any atom is 0.303 e. The van der Waals surface area contributed by atoms with Crippen LogP contribution in [0.2, 0.25) is 0 Å². The third kappa shape index (κ3) is 5.00. The smallest absolute Gasteiger partial charge is 0.303 e. The Balaban J connectivity index is 2.18. The highest BCUT2D eigenvalue weighted by atomic mass is 16.4. The minimum Gasteiger partial charge on any atom is -0.481 e. The molecule has 2 heteroatoms. The Kier molecular flexibility index (Phi) is 5.86. The molecule has 2 nitrogen and oxygen atoms in total. The zero-order chi connectivity index (χ0) is 12.0. The lowest BCUT2D eigenvalue weighted by atomic mass is 9.77. The van der Waals surface area contributed by atoms with Crippen LogP contribution in [0.5, 0.6) is 0 Å². The van der Waals surface area contributed by atoms with Crippen molar-refractivity contribution in [2.24, 2.45) is 17.8 Å². The van der Waals surface area contributed by atoms with E-state index < -0.39 is 5.97 Å². The van der Waals surface area contributed by atoms with Crippen LogP contribution in [0.3, 0.4) is 0 Å². The zero-order valence-corrected chi connectivity index (χ0v) is 10.7. The Morgan fingerprint density at radius 3 is 2.31 bits per heavy atom. The maximum absolute atomic E-state index is 10.6. The molecular formula is C14H26O2. The van der Waals surface area contributed by atoms with Crippen molar-refractivity contribution >= 4 is 5.97 Å². The average molecular weight is 226 g/mol. The van der Waals surface area contributed by atoms with Crippen LogP contribution in [0.25, 0.3) is 0 Å². The molecule has 94 valence electrons. The summed E-state index contributed by atoms with van der Waals surface area (Å²) in [5, 5.41) is 8.75. The van der Waals surface area contributed by atoms with E-state index in [1.807, 2.05) is 0 Å². The van der Waals surface area contributed by atoms with E-state index in [9.17, 15) is 4.79 Å². The predicted molar refractivity (Wildman–Crippen MR) is 66.4 cm³/mol. The van der Waals surface area contributed by atoms with Crippen molar-refractivity contribution in [2.75, 3.05) is 0 Å². The summed E-state index contributed by atoms with van der Waals surface area (Å²) in [6.45, 7) is 4.60. The standard InChI is InChI=1S/C14H26O2/c1-3-4-11(2)9-12-5-7-13(8-6-12)10-14(15)16/h11-13H,3-10H2,1-2H3,(H,15,16)/t11?,12-,13-. The Labute approximate surface area is 99.4 Å². The third-order valence-corrected chi connectivity index (χ3v) is 3.95. The molecule has 1 aliphatic rings. The van der Waals surface area contributed by atoms with Gasteiger partial charge in [0.05, 0.1) is 0 Å². The Bertz CT molecular complexity index is 205. The molecule has 0 saturated heterocycles. The summed E-state index contributed by atoms with van der Waals surface area (Å²) in [5.41, 5.74) is 0. The molecule has 1 unspecified atom stereocenters. The van der Waals surface area contributed by atoms with Crippen molar-refractivity contribution in [3.63, 3.8) is 0 Å². The van der Waals surface area contributed by atoms with E-state index in [1.165, 1.54) is 32.1 Å². The molecule has 1 aliphatic carbocycles. The molecule has 0 heterocycles. The summed E-state index contributed by atoms with van der Waals surface area (Å²) in [6, 6.07) is 0. The van der Waals surface area contributed by atoms with E-state index in [0.717, 1.165) is 24.7 Å². The highest BCUT2D eigenvalue weighted by Crippen LogP contribution is 2.34. The van der Waals surface area contributed by atoms with Gasteiger partial charge in [-0.05, 0) is 37.0 Å². The molecule has 0 aromatic rings. The first-order chi connectivity index (χ1) is 7.61. The van der Waals surface area contributed by atoms with Gasteiger partial charge in [-0.3, -0.25) is 4.79 Å². The van der Waals surface area contributed by atoms with Crippen LogP contribution in [0, 0.1) is 17.8 Å². The van der Waals surface area contributed by atoms with Crippen molar-refractivity contribution in [1.82, 2.24) is 0 Å². The van der Waals surface area contributed by atoms with Gasteiger partial charge in [-0.25, -0.2) is 0 Å². The number of hydrogen-bond acceptors (Lipinski definition) is 1. The van der Waals surface area contributed by atoms with Crippen molar-refractivity contribution in [3.8, 4) is 0 Å². The van der Waals surface area contributed by atoms with E-state index in [2.05, 4.69) is 13.8 Å². The molecule has 1 saturated carbocycles. The molecule has 16 heavy (non-hydrogen) atoms. The number of carbonyl (C=O) groups is 1. The highest BCUT2D eigenvalue weighted by Gasteiger charge is 2.23. The fourth-order valence-electron chi connectivity index (χ4n) is 3.10. The number of rotatable bonds is 6. The summed E-state index contributed by atoms with van der Waals surface area (Å²) in [4.78, 5) is 10.6. The Morgan fingerprint density at radius 1 is 1.25 bits per heavy atom. The summed E-state index contributed by atoms with van der Waals surface area (Å²) >= 11 is 0. The second-order valence-electron chi connectivity index (χ2n) is 5.61. The molecule has 1 fully saturated rings. The first-order valence-corrected chi connectivity index (χ1v) is 6.83. The lowest BCUT2D eigenvalue weighted by Crippen LogP contribution is -2.18. The maximum atomic E-state index is 10.6. The van der Waals surface area contributed by atoms with E-state index in [-0.39, 0.29) is 0 Å². The van der Waals surface area contributed by atoms with Gasteiger partial charge in [-0.15, -0.1) is 0 Å². The average Bonchev–Trinajstić information content (AvgIpc) is 2.20. The van der Waals surface area contributed by atoms with Crippen molar-refractivity contribution in [3.05, 3.63) is 0 Å². The summed E-state index contributed by atoms with van der Waals surface area (Å²) in [5.74, 6) is 1.55. The molecule has 1 atom stereocenters. The molecular weight excluding hydrogens is 200 g/mol. The number of hydrogen-bond donors (Lipinski definition) is 1. The van der Waals surface area contributed by atoms with Crippen LogP contribution in [0.15, 0.2) is 0 Å². The van der Waals surface area contributed by atoms with Crippen molar-refractivity contribution < 1.29 is 9.90 Å². The Morgan fingerprint density at radius 2 is 1.81 bits per heavy atom. The van der Waals surface area contributed by atoms with Gasteiger partial charge >= 0.3 is 5.97 Å². The summed E-state index contributed by atoms with van der Waals surface area (Å²) in [7, 11) is 0. The second-order valence-corrected chi connectivity index (χ2v) is 5.61. The number of aliphatic carboxylic acids is 1. The molecule has 0 aromatic carbocycles. The van der Waals surface area contributed by atoms with Gasteiger partial charge in [-0.1, -0.05) is 39.5 Å². The molecule has 0 spiro atoms. The van der Waals surface area contributed by atoms with Gasteiger partial charge in [0, 0.05) is 6.42 Å². The lowest BCUT2D eigenvalue weighted by molar-refractivity contribution is -0.138. The van der Waals surface area contributed by atoms with Gasteiger partial charge in [0.1, 0.15) is 0 Å². The number of carboxylic acid groups (broad SMARTS) is 1. The van der Waals surface area contributed by atoms with Crippen LogP contribution in [-0.2, 0) is 4.79 Å². The van der Waals surface area contributed by atoms with Gasteiger partial charge in [0.25, 0.3) is 0 Å². The largest absolute Gasteiger partial charge is 0.481 e. The molecule has 0 amide bonds. The SMILES string of the molecule is CCCC(C)C[C@H]1CC[C@H](CC(=O)O)CC1. The number of carboxylic acids is 1. The zero-order valence-electron chi connectivity index (χ0n) is 10.7. The fraction of sp³-hybridized carbons (Fsp3) is 0.929. The van der Waals surface area contributed by atoms with E-state index in [4.69, 9.17) is 5.11 Å². The molecule has 0 radical (unpaired) electrons. The Hall–Kier alpha value is -0.530. The second kappa shape index (κ2) is 6.93. The van der Waals surface area contributed by atoms with Gasteiger partial charge in [0.2, 0.25) is 0 Å². The third-order valence-electron chi connectivity index (χ3n) is 3.95. The van der Waals surface area contributed by atoms with E-state index in [0.29, 0.717) is 12.3 Å². The van der Waals surface area contributed by atoms with Crippen LogP contribution in [0.1, 0.15) is 65.2 Å². The van der Waals surface area contributed by atoms with Gasteiger partial charge in [-0.2, -0.15) is 0 Å². The van der Waals surface area contributed by atoms with Crippen molar-refractivity contribution in [1.29, 1.82) is 0 Å². The first kappa shape index (κ1) is 13.5. The fourth-order valence-corrected chi connectivity index (χ4v) is 3.10. The molecule has 1 N–H and O–H groups in total. The van der Waals surface area contributed by atoms with E-state index >= 15 is 0 Å². The normalized spacial score (nSPS) is 27.6. The van der Waals surface area contributed by atoms with Gasteiger partial charge < -0.3 is 5.11 Å². The topological polar surface area (TPSA) is 37.3 Å². The van der Waals surface area contributed by atoms with Crippen LogP contribution < -0.4 is 0 Å². The minimum absolute atomic E-state index is 0.386. The molecule has 0 bridgehead atoms. The highest BCUT2D eigenvalue weighted by molar-refractivity contribution is 5.67. The monoisotopic (exact) mass is 226 g/mol. The molecule has 0 aromatic heterocycles. The lowest BCUT2D eigenvalue weighted by Gasteiger charge is -2.29. The summed E-state index contributed by atoms with van der Waals surface area (Å²) < 4.78 is 0. The van der Waals surface area contributed by atoms with Crippen LogP contribution >= 0.6 is 0 Å². The van der Waals surface area contributed by atoms with Gasteiger partial charge in [0.15, 0.2) is 0 Å². The minimum atomic E-state index is -0.622. The first-order valence-electron chi connectivity index (χ1n) is 6.83. The van der Waals surface area contributed by atoms with E-state index in [1.54, 1.807) is 0 Å². The van der Waals surface area contributed by atoms with Crippen LogP contribution in [-0.4, -0.2) is 11.1 Å². The quantitative estimate of drug-likeness (QED) is 0.740. The molecule has 1 rings (SSSR count). The predicted octanol–water partition coefficient (Wildman–Crippen LogP) is 4.09. The van der Waals surface area contributed by atoms with Crippen molar-refractivity contribution in [2.45, 2.75) is 65.2 Å².